The molecule has 0 amide bonds. The number of para-hydroxylation sites is 1. The van der Waals surface area contributed by atoms with Gasteiger partial charge in [0, 0.05) is 37.9 Å². The van der Waals surface area contributed by atoms with Crippen molar-refractivity contribution in [2.24, 2.45) is 10.9 Å². The largest absolute Gasteiger partial charge is 0.371 e. The first kappa shape index (κ1) is 21.0. The first-order valence-corrected chi connectivity index (χ1v) is 11.4. The van der Waals surface area contributed by atoms with Gasteiger partial charge in [0.1, 0.15) is 0 Å². The second-order valence-corrected chi connectivity index (χ2v) is 8.17. The average Bonchev–Trinajstić information content (AvgIpc) is 2.75. The predicted octanol–water partition coefficient (Wildman–Crippen LogP) is 3.33. The van der Waals surface area contributed by atoms with Crippen LogP contribution in [0.2, 0.25) is 0 Å². The summed E-state index contributed by atoms with van der Waals surface area (Å²) >= 11 is 0. The first-order valence-electron chi connectivity index (χ1n) is 11.4. The molecule has 28 heavy (non-hydrogen) atoms. The molecule has 5 nitrogen and oxygen atoms in total. The molecule has 2 aliphatic rings. The third-order valence-corrected chi connectivity index (χ3v) is 6.26. The summed E-state index contributed by atoms with van der Waals surface area (Å²) in [6.45, 7) is 12.2. The van der Waals surface area contributed by atoms with E-state index >= 15 is 0 Å². The van der Waals surface area contributed by atoms with E-state index in [0.717, 1.165) is 50.9 Å². The fourth-order valence-electron chi connectivity index (χ4n) is 4.38. The van der Waals surface area contributed by atoms with Crippen LogP contribution in [0.4, 0.5) is 5.69 Å². The SMILES string of the molecule is CCNC(=NCCC1CCN(CC)CC1)NC1CCN(c2ccccc2)CC1. The number of nitrogens with one attached hydrogen (secondary N) is 2. The molecule has 2 saturated heterocycles. The Morgan fingerprint density at radius 2 is 1.71 bits per heavy atom. The molecule has 3 rings (SSSR count). The van der Waals surface area contributed by atoms with Crippen LogP contribution in [0, 0.1) is 5.92 Å². The van der Waals surface area contributed by atoms with Gasteiger partial charge in [-0.05, 0) is 76.7 Å². The van der Waals surface area contributed by atoms with Gasteiger partial charge >= 0.3 is 0 Å². The monoisotopic (exact) mass is 385 g/mol. The van der Waals surface area contributed by atoms with Crippen molar-refractivity contribution in [1.29, 1.82) is 0 Å². The Morgan fingerprint density at radius 1 is 1.00 bits per heavy atom. The second kappa shape index (κ2) is 11.3. The zero-order chi connectivity index (χ0) is 19.6. The number of anilines is 1. The Bertz CT molecular complexity index is 572. The molecule has 0 aromatic heterocycles. The van der Waals surface area contributed by atoms with Crippen LogP contribution in [-0.2, 0) is 0 Å². The van der Waals surface area contributed by atoms with E-state index in [1.165, 1.54) is 44.6 Å². The summed E-state index contributed by atoms with van der Waals surface area (Å²) in [7, 11) is 0. The lowest BCUT2D eigenvalue weighted by atomic mass is 9.94. The van der Waals surface area contributed by atoms with Crippen molar-refractivity contribution in [3.63, 3.8) is 0 Å². The van der Waals surface area contributed by atoms with Gasteiger partial charge in [0.2, 0.25) is 0 Å². The molecular weight excluding hydrogens is 346 g/mol. The zero-order valence-corrected chi connectivity index (χ0v) is 17.9. The van der Waals surface area contributed by atoms with Gasteiger partial charge in [-0.3, -0.25) is 4.99 Å². The van der Waals surface area contributed by atoms with Crippen molar-refractivity contribution in [3.05, 3.63) is 30.3 Å². The van der Waals surface area contributed by atoms with Gasteiger partial charge in [0.15, 0.2) is 5.96 Å². The van der Waals surface area contributed by atoms with E-state index in [4.69, 9.17) is 4.99 Å². The molecule has 0 aliphatic carbocycles. The Labute approximate surface area is 171 Å². The van der Waals surface area contributed by atoms with Gasteiger partial charge in [-0.1, -0.05) is 25.1 Å². The summed E-state index contributed by atoms with van der Waals surface area (Å²) in [5.74, 6) is 1.86. The van der Waals surface area contributed by atoms with Gasteiger partial charge in [-0.2, -0.15) is 0 Å². The zero-order valence-electron chi connectivity index (χ0n) is 17.9. The highest BCUT2D eigenvalue weighted by Gasteiger charge is 2.20. The molecule has 0 saturated carbocycles. The summed E-state index contributed by atoms with van der Waals surface area (Å²) in [6.07, 6.45) is 6.22. The molecule has 0 unspecified atom stereocenters. The summed E-state index contributed by atoms with van der Waals surface area (Å²) in [4.78, 5) is 9.94. The van der Waals surface area contributed by atoms with Crippen molar-refractivity contribution in [2.45, 2.75) is 52.0 Å². The van der Waals surface area contributed by atoms with E-state index in [1.54, 1.807) is 0 Å². The number of benzene rings is 1. The fraction of sp³-hybridized carbons (Fsp3) is 0.696. The van der Waals surface area contributed by atoms with E-state index in [1.807, 2.05) is 0 Å². The minimum atomic E-state index is 0.519. The number of likely N-dealkylation sites (tertiary alicyclic amines) is 1. The van der Waals surface area contributed by atoms with Gasteiger partial charge in [0.05, 0.1) is 0 Å². The van der Waals surface area contributed by atoms with E-state index < -0.39 is 0 Å². The third-order valence-electron chi connectivity index (χ3n) is 6.26. The van der Waals surface area contributed by atoms with Crippen LogP contribution in [0.15, 0.2) is 35.3 Å². The number of guanidine groups is 1. The molecule has 0 radical (unpaired) electrons. The Morgan fingerprint density at radius 3 is 2.36 bits per heavy atom. The number of aliphatic imine (C=N–C) groups is 1. The molecule has 2 heterocycles. The van der Waals surface area contributed by atoms with Gasteiger partial charge in [0.25, 0.3) is 0 Å². The van der Waals surface area contributed by atoms with Crippen LogP contribution in [0.3, 0.4) is 0 Å². The normalized spacial score (nSPS) is 20.4. The molecule has 5 heteroatoms. The van der Waals surface area contributed by atoms with Gasteiger partial charge in [-0.15, -0.1) is 0 Å². The lowest BCUT2D eigenvalue weighted by Gasteiger charge is -2.34. The van der Waals surface area contributed by atoms with Crippen molar-refractivity contribution >= 4 is 11.6 Å². The number of nitrogens with zero attached hydrogens (tertiary/aromatic N) is 3. The molecule has 0 atom stereocenters. The minimum Gasteiger partial charge on any atom is -0.371 e. The van der Waals surface area contributed by atoms with Gasteiger partial charge < -0.3 is 20.4 Å². The van der Waals surface area contributed by atoms with Crippen LogP contribution in [0.5, 0.6) is 0 Å². The third kappa shape index (κ3) is 6.40. The van der Waals surface area contributed by atoms with Crippen LogP contribution in [-0.4, -0.2) is 62.7 Å². The molecule has 2 fully saturated rings. The van der Waals surface area contributed by atoms with Crippen LogP contribution < -0.4 is 15.5 Å². The highest BCUT2D eigenvalue weighted by atomic mass is 15.2. The minimum absolute atomic E-state index is 0.519. The quantitative estimate of drug-likeness (QED) is 0.558. The molecule has 156 valence electrons. The maximum Gasteiger partial charge on any atom is 0.191 e. The molecule has 2 aliphatic heterocycles. The number of rotatable bonds is 7. The lowest BCUT2D eigenvalue weighted by Crippen LogP contribution is -2.48. The summed E-state index contributed by atoms with van der Waals surface area (Å²) in [5, 5.41) is 7.13. The molecule has 0 bridgehead atoms. The van der Waals surface area contributed by atoms with Crippen molar-refractivity contribution in [2.75, 3.05) is 50.7 Å². The molecule has 1 aromatic rings. The average molecular weight is 386 g/mol. The molecular formula is C23H39N5. The summed E-state index contributed by atoms with van der Waals surface area (Å²) in [5.41, 5.74) is 1.34. The van der Waals surface area contributed by atoms with E-state index in [2.05, 4.69) is 64.6 Å². The van der Waals surface area contributed by atoms with Crippen LogP contribution in [0.1, 0.15) is 46.0 Å². The van der Waals surface area contributed by atoms with Crippen molar-refractivity contribution in [1.82, 2.24) is 15.5 Å². The van der Waals surface area contributed by atoms with E-state index in [0.29, 0.717) is 6.04 Å². The molecule has 0 spiro atoms. The van der Waals surface area contributed by atoms with Crippen LogP contribution in [0.25, 0.3) is 0 Å². The Hall–Kier alpha value is -1.75. The Kier molecular flexibility index (Phi) is 8.46. The first-order chi connectivity index (χ1) is 13.8. The summed E-state index contributed by atoms with van der Waals surface area (Å²) < 4.78 is 0. The standard InChI is InChI=1S/C23H39N5/c1-3-24-23(25-15-10-20-11-16-27(4-2)17-12-20)26-21-13-18-28(19-14-21)22-8-6-5-7-9-22/h5-9,20-21H,3-4,10-19H2,1-2H3,(H2,24,25,26). The van der Waals surface area contributed by atoms with Gasteiger partial charge in [-0.25, -0.2) is 0 Å². The Balaban J connectivity index is 1.41. The van der Waals surface area contributed by atoms with E-state index in [-0.39, 0.29) is 0 Å². The summed E-state index contributed by atoms with van der Waals surface area (Å²) in [6, 6.07) is 11.3. The van der Waals surface area contributed by atoms with Crippen LogP contribution >= 0.6 is 0 Å². The second-order valence-electron chi connectivity index (χ2n) is 8.17. The number of piperidine rings is 2. The van der Waals surface area contributed by atoms with Crippen molar-refractivity contribution in [3.8, 4) is 0 Å². The van der Waals surface area contributed by atoms with E-state index in [9.17, 15) is 0 Å². The maximum atomic E-state index is 4.89. The number of hydrogen-bond donors (Lipinski definition) is 2. The molecule has 1 aromatic carbocycles. The predicted molar refractivity (Wildman–Crippen MR) is 120 cm³/mol. The fourth-order valence-corrected chi connectivity index (χ4v) is 4.38. The molecule has 2 N–H and O–H groups in total. The smallest absolute Gasteiger partial charge is 0.191 e. The highest BCUT2D eigenvalue weighted by molar-refractivity contribution is 5.80. The highest BCUT2D eigenvalue weighted by Crippen LogP contribution is 2.21. The maximum absolute atomic E-state index is 4.89. The number of hydrogen-bond acceptors (Lipinski definition) is 3. The lowest BCUT2D eigenvalue weighted by molar-refractivity contribution is 0.188. The topological polar surface area (TPSA) is 42.9 Å². The van der Waals surface area contributed by atoms with Crippen molar-refractivity contribution < 1.29 is 0 Å².